The molecule has 0 bridgehead atoms. The molecule has 1 saturated carbocycles. The molecule has 0 heterocycles. The van der Waals surface area contributed by atoms with Gasteiger partial charge < -0.3 is 10.4 Å². The highest BCUT2D eigenvalue weighted by molar-refractivity contribution is 5.78. The van der Waals surface area contributed by atoms with E-state index < -0.39 is 5.97 Å². The van der Waals surface area contributed by atoms with Gasteiger partial charge in [-0.3, -0.25) is 9.59 Å². The molecule has 0 aromatic rings. The van der Waals surface area contributed by atoms with E-state index in [0.29, 0.717) is 6.42 Å². The van der Waals surface area contributed by atoms with Crippen molar-refractivity contribution in [3.63, 3.8) is 0 Å². The third-order valence-corrected chi connectivity index (χ3v) is 3.67. The summed E-state index contributed by atoms with van der Waals surface area (Å²) in [6.45, 7) is 1.91. The van der Waals surface area contributed by atoms with Gasteiger partial charge in [-0.2, -0.15) is 0 Å². The average Bonchev–Trinajstić information content (AvgIpc) is 2.73. The summed E-state index contributed by atoms with van der Waals surface area (Å²) in [4.78, 5) is 22.8. The maximum Gasteiger partial charge on any atom is 0.303 e. The van der Waals surface area contributed by atoms with Crippen LogP contribution in [0.15, 0.2) is 0 Å². The predicted molar refractivity (Wildman–Crippen MR) is 68.8 cm³/mol. The van der Waals surface area contributed by atoms with Gasteiger partial charge in [0.25, 0.3) is 0 Å². The Bertz CT molecular complexity index is 351. The second kappa shape index (κ2) is 6.44. The van der Waals surface area contributed by atoms with E-state index in [9.17, 15) is 9.59 Å². The number of aliphatic carboxylic acids is 1. The number of amides is 1. The molecular weight excluding hydrogens is 230 g/mol. The number of carboxylic acid groups (broad SMARTS) is 1. The summed E-state index contributed by atoms with van der Waals surface area (Å²) >= 11 is 0. The van der Waals surface area contributed by atoms with Gasteiger partial charge in [0.2, 0.25) is 5.91 Å². The molecule has 1 amide bonds. The molecule has 4 nitrogen and oxygen atoms in total. The van der Waals surface area contributed by atoms with Crippen LogP contribution in [0.25, 0.3) is 0 Å². The Morgan fingerprint density at radius 2 is 2.00 bits per heavy atom. The second-order valence-corrected chi connectivity index (χ2v) is 5.15. The largest absolute Gasteiger partial charge is 0.481 e. The van der Waals surface area contributed by atoms with E-state index in [-0.39, 0.29) is 30.2 Å². The van der Waals surface area contributed by atoms with Crippen molar-refractivity contribution in [2.45, 2.75) is 57.9 Å². The fraction of sp³-hybridized carbons (Fsp3) is 0.714. The zero-order valence-electron chi connectivity index (χ0n) is 10.9. The molecule has 0 saturated heterocycles. The highest BCUT2D eigenvalue weighted by atomic mass is 16.4. The summed E-state index contributed by atoms with van der Waals surface area (Å²) in [7, 11) is 0. The van der Waals surface area contributed by atoms with Gasteiger partial charge in [0.15, 0.2) is 0 Å². The Balaban J connectivity index is 2.59. The van der Waals surface area contributed by atoms with Crippen LogP contribution >= 0.6 is 0 Å². The van der Waals surface area contributed by atoms with E-state index >= 15 is 0 Å². The van der Waals surface area contributed by atoms with E-state index in [1.807, 2.05) is 6.92 Å². The van der Waals surface area contributed by atoms with Gasteiger partial charge >= 0.3 is 5.97 Å². The van der Waals surface area contributed by atoms with Gasteiger partial charge in [0, 0.05) is 6.42 Å². The first-order chi connectivity index (χ1) is 8.51. The molecule has 1 fully saturated rings. The summed E-state index contributed by atoms with van der Waals surface area (Å²) in [6, 6.07) is -0.249. The maximum absolute atomic E-state index is 11.9. The second-order valence-electron chi connectivity index (χ2n) is 5.15. The first-order valence-electron chi connectivity index (χ1n) is 6.48. The molecule has 2 N–H and O–H groups in total. The lowest BCUT2D eigenvalue weighted by molar-refractivity contribution is -0.140. The van der Waals surface area contributed by atoms with Gasteiger partial charge in [0.05, 0.1) is 12.5 Å². The van der Waals surface area contributed by atoms with Crippen molar-refractivity contribution in [1.82, 2.24) is 5.32 Å². The van der Waals surface area contributed by atoms with Crippen LogP contribution in [0.5, 0.6) is 0 Å². The Hall–Kier alpha value is -1.50. The van der Waals surface area contributed by atoms with Gasteiger partial charge in [-0.05, 0) is 24.7 Å². The fourth-order valence-electron chi connectivity index (χ4n) is 2.71. The quantitative estimate of drug-likeness (QED) is 0.709. The Labute approximate surface area is 108 Å². The molecule has 18 heavy (non-hydrogen) atoms. The van der Waals surface area contributed by atoms with Crippen LogP contribution < -0.4 is 5.32 Å². The third kappa shape index (κ3) is 4.06. The van der Waals surface area contributed by atoms with E-state index in [0.717, 1.165) is 25.7 Å². The standard InChI is InChI=1S/C14H21NO3/c1-3-11(4-2)15-12(16)9-14(10-13(17)18)7-5-6-8-14/h1,11H,4-10H2,2H3,(H,15,16)(H,17,18). The topological polar surface area (TPSA) is 66.4 Å². The molecule has 1 aliphatic rings. The molecule has 1 rings (SSSR count). The fourth-order valence-corrected chi connectivity index (χ4v) is 2.71. The molecule has 0 radical (unpaired) electrons. The summed E-state index contributed by atoms with van der Waals surface area (Å²) in [5.74, 6) is 1.57. The Morgan fingerprint density at radius 1 is 1.39 bits per heavy atom. The zero-order valence-corrected chi connectivity index (χ0v) is 10.9. The Kier molecular flexibility index (Phi) is 5.21. The smallest absolute Gasteiger partial charge is 0.303 e. The highest BCUT2D eigenvalue weighted by Gasteiger charge is 2.38. The average molecular weight is 251 g/mol. The van der Waals surface area contributed by atoms with Crippen molar-refractivity contribution in [2.75, 3.05) is 0 Å². The summed E-state index contributed by atoms with van der Waals surface area (Å²) in [5.41, 5.74) is -0.358. The maximum atomic E-state index is 11.9. The van der Waals surface area contributed by atoms with Gasteiger partial charge in [-0.1, -0.05) is 25.7 Å². The van der Waals surface area contributed by atoms with E-state index in [2.05, 4.69) is 11.2 Å². The first-order valence-corrected chi connectivity index (χ1v) is 6.48. The van der Waals surface area contributed by atoms with Crippen molar-refractivity contribution in [3.05, 3.63) is 0 Å². The number of rotatable bonds is 6. The van der Waals surface area contributed by atoms with Crippen LogP contribution in [0.1, 0.15) is 51.9 Å². The monoisotopic (exact) mass is 251 g/mol. The number of terminal acetylenes is 1. The number of nitrogens with one attached hydrogen (secondary N) is 1. The lowest BCUT2D eigenvalue weighted by Gasteiger charge is -2.26. The lowest BCUT2D eigenvalue weighted by atomic mass is 9.79. The first kappa shape index (κ1) is 14.6. The normalized spacial score (nSPS) is 18.9. The number of carbonyl (C=O) groups is 2. The van der Waals surface area contributed by atoms with Crippen molar-refractivity contribution < 1.29 is 14.7 Å². The van der Waals surface area contributed by atoms with Gasteiger partial charge in [0.1, 0.15) is 0 Å². The molecular formula is C14H21NO3. The summed E-state index contributed by atoms with van der Waals surface area (Å²) in [6.07, 6.45) is 9.99. The van der Waals surface area contributed by atoms with Crippen LogP contribution in [0.2, 0.25) is 0 Å². The van der Waals surface area contributed by atoms with E-state index in [4.69, 9.17) is 11.5 Å². The van der Waals surface area contributed by atoms with Crippen molar-refractivity contribution in [1.29, 1.82) is 0 Å². The SMILES string of the molecule is C#CC(CC)NC(=O)CC1(CC(=O)O)CCCC1. The zero-order chi connectivity index (χ0) is 13.6. The lowest BCUT2D eigenvalue weighted by Crippen LogP contribution is -2.37. The molecule has 1 aliphatic carbocycles. The molecule has 1 atom stereocenters. The Morgan fingerprint density at radius 3 is 2.44 bits per heavy atom. The predicted octanol–water partition coefficient (Wildman–Crippen LogP) is 1.94. The van der Waals surface area contributed by atoms with Gasteiger partial charge in [-0.25, -0.2) is 0 Å². The molecule has 0 spiro atoms. The van der Waals surface area contributed by atoms with Crippen molar-refractivity contribution in [3.8, 4) is 12.3 Å². The van der Waals surface area contributed by atoms with Crippen LogP contribution in [0, 0.1) is 17.8 Å². The van der Waals surface area contributed by atoms with Crippen LogP contribution in [0.4, 0.5) is 0 Å². The molecule has 1 unspecified atom stereocenters. The minimum atomic E-state index is -0.825. The number of carboxylic acids is 1. The molecule has 4 heteroatoms. The number of hydrogen-bond acceptors (Lipinski definition) is 2. The molecule has 0 aliphatic heterocycles. The third-order valence-electron chi connectivity index (χ3n) is 3.67. The van der Waals surface area contributed by atoms with Crippen LogP contribution in [0.3, 0.4) is 0 Å². The van der Waals surface area contributed by atoms with E-state index in [1.54, 1.807) is 0 Å². The van der Waals surface area contributed by atoms with Crippen molar-refractivity contribution in [2.24, 2.45) is 5.41 Å². The van der Waals surface area contributed by atoms with Crippen LogP contribution in [-0.2, 0) is 9.59 Å². The summed E-state index contributed by atoms with van der Waals surface area (Å²) < 4.78 is 0. The van der Waals surface area contributed by atoms with Gasteiger partial charge in [-0.15, -0.1) is 6.42 Å². The molecule has 100 valence electrons. The summed E-state index contributed by atoms with van der Waals surface area (Å²) in [5, 5.41) is 11.7. The van der Waals surface area contributed by atoms with Crippen molar-refractivity contribution >= 4 is 11.9 Å². The number of carbonyl (C=O) groups excluding carboxylic acids is 1. The minimum absolute atomic E-state index is 0.0767. The van der Waals surface area contributed by atoms with Crippen LogP contribution in [-0.4, -0.2) is 23.0 Å². The number of hydrogen-bond donors (Lipinski definition) is 2. The molecule has 0 aromatic carbocycles. The van der Waals surface area contributed by atoms with E-state index in [1.165, 1.54) is 0 Å². The molecule has 0 aromatic heterocycles. The minimum Gasteiger partial charge on any atom is -0.481 e. The highest BCUT2D eigenvalue weighted by Crippen LogP contribution is 2.44.